The highest BCUT2D eigenvalue weighted by Crippen LogP contribution is 2.37. The Balaban J connectivity index is 1.91. The van der Waals surface area contributed by atoms with Gasteiger partial charge in [0.2, 0.25) is 5.91 Å². The van der Waals surface area contributed by atoms with E-state index in [1.165, 1.54) is 5.56 Å². The summed E-state index contributed by atoms with van der Waals surface area (Å²) in [5, 5.41) is 3.40. The molecule has 0 radical (unpaired) electrons. The molecular weight excluding hydrogens is 260 g/mol. The van der Waals surface area contributed by atoms with Gasteiger partial charge in [0.15, 0.2) is 0 Å². The summed E-state index contributed by atoms with van der Waals surface area (Å²) >= 11 is 0. The van der Waals surface area contributed by atoms with Crippen LogP contribution in [0.2, 0.25) is 0 Å². The lowest BCUT2D eigenvalue weighted by Crippen LogP contribution is -2.51. The van der Waals surface area contributed by atoms with Crippen LogP contribution in [0.1, 0.15) is 32.3 Å². The van der Waals surface area contributed by atoms with E-state index >= 15 is 0 Å². The number of hydrogen-bond donors (Lipinski definition) is 1. The second-order valence-electron chi connectivity index (χ2n) is 6.86. The van der Waals surface area contributed by atoms with Crippen LogP contribution in [0.3, 0.4) is 0 Å². The molecule has 3 nitrogen and oxygen atoms in total. The van der Waals surface area contributed by atoms with Gasteiger partial charge in [-0.25, -0.2) is 0 Å². The minimum atomic E-state index is -0.309. The Morgan fingerprint density at radius 3 is 2.24 bits per heavy atom. The van der Waals surface area contributed by atoms with Gasteiger partial charge in [0, 0.05) is 13.1 Å². The zero-order chi connectivity index (χ0) is 14.9. The van der Waals surface area contributed by atoms with Crippen LogP contribution < -0.4 is 5.32 Å². The highest BCUT2D eigenvalue weighted by molar-refractivity contribution is 5.88. The third kappa shape index (κ3) is 2.59. The van der Waals surface area contributed by atoms with Crippen molar-refractivity contribution in [3.8, 4) is 0 Å². The molecular formula is C18H26N2O. The zero-order valence-corrected chi connectivity index (χ0v) is 13.1. The van der Waals surface area contributed by atoms with Crippen LogP contribution in [0.15, 0.2) is 30.3 Å². The molecule has 0 bridgehead atoms. The first-order chi connectivity index (χ1) is 10.1. The van der Waals surface area contributed by atoms with Crippen LogP contribution in [0.4, 0.5) is 0 Å². The van der Waals surface area contributed by atoms with Crippen LogP contribution in [0.25, 0.3) is 0 Å². The fourth-order valence-electron chi connectivity index (χ4n) is 3.83. The van der Waals surface area contributed by atoms with E-state index in [1.54, 1.807) is 0 Å². The van der Waals surface area contributed by atoms with Crippen LogP contribution in [-0.4, -0.2) is 37.0 Å². The number of piperidine rings is 1. The monoisotopic (exact) mass is 286 g/mol. The molecule has 2 saturated heterocycles. The number of likely N-dealkylation sites (tertiary alicyclic amines) is 1. The van der Waals surface area contributed by atoms with Gasteiger partial charge in [0.1, 0.15) is 0 Å². The zero-order valence-electron chi connectivity index (χ0n) is 13.1. The Kier molecular flexibility index (Phi) is 4.03. The van der Waals surface area contributed by atoms with E-state index in [9.17, 15) is 4.79 Å². The first kappa shape index (κ1) is 14.6. The number of carbonyl (C=O) groups excluding carboxylic acids is 1. The van der Waals surface area contributed by atoms with Gasteiger partial charge >= 0.3 is 0 Å². The molecule has 1 amide bonds. The van der Waals surface area contributed by atoms with Gasteiger partial charge in [-0.1, -0.05) is 44.2 Å². The number of rotatable bonds is 2. The maximum absolute atomic E-state index is 13.3. The highest BCUT2D eigenvalue weighted by atomic mass is 16.2. The van der Waals surface area contributed by atoms with Crippen molar-refractivity contribution in [2.24, 2.45) is 11.8 Å². The van der Waals surface area contributed by atoms with Gasteiger partial charge in [-0.15, -0.1) is 0 Å². The Hall–Kier alpha value is -1.35. The van der Waals surface area contributed by atoms with Gasteiger partial charge < -0.3 is 10.2 Å². The summed E-state index contributed by atoms with van der Waals surface area (Å²) < 4.78 is 0. The molecule has 1 aromatic rings. The number of hydrogen-bond acceptors (Lipinski definition) is 2. The Morgan fingerprint density at radius 2 is 1.67 bits per heavy atom. The smallest absolute Gasteiger partial charge is 0.233 e. The molecule has 2 atom stereocenters. The minimum absolute atomic E-state index is 0.309. The summed E-state index contributed by atoms with van der Waals surface area (Å²) in [7, 11) is 0. The SMILES string of the molecule is CC1CN(C(=O)C2(c3ccccc3)CCNCC2)CC1C. The molecule has 2 heterocycles. The summed E-state index contributed by atoms with van der Waals surface area (Å²) in [5.74, 6) is 1.58. The van der Waals surface area contributed by atoms with Crippen molar-refractivity contribution < 1.29 is 4.79 Å². The molecule has 0 saturated carbocycles. The number of amides is 1. The largest absolute Gasteiger partial charge is 0.341 e. The number of nitrogens with zero attached hydrogens (tertiary/aromatic N) is 1. The van der Waals surface area contributed by atoms with Gasteiger partial charge in [-0.2, -0.15) is 0 Å². The minimum Gasteiger partial charge on any atom is -0.341 e. The van der Waals surface area contributed by atoms with Crippen molar-refractivity contribution in [1.29, 1.82) is 0 Å². The van der Waals surface area contributed by atoms with E-state index in [0.29, 0.717) is 17.7 Å². The molecule has 1 aromatic carbocycles. The van der Waals surface area contributed by atoms with E-state index in [-0.39, 0.29) is 5.41 Å². The average molecular weight is 286 g/mol. The number of nitrogens with one attached hydrogen (secondary N) is 1. The fraction of sp³-hybridized carbons (Fsp3) is 0.611. The van der Waals surface area contributed by atoms with Crippen molar-refractivity contribution in [1.82, 2.24) is 10.2 Å². The Labute approximate surface area is 127 Å². The molecule has 3 rings (SSSR count). The molecule has 0 aromatic heterocycles. The number of benzene rings is 1. The lowest BCUT2D eigenvalue weighted by molar-refractivity contribution is -0.137. The summed E-state index contributed by atoms with van der Waals surface area (Å²) in [6.07, 6.45) is 1.82. The van der Waals surface area contributed by atoms with E-state index in [2.05, 4.69) is 48.3 Å². The van der Waals surface area contributed by atoms with Crippen molar-refractivity contribution in [2.45, 2.75) is 32.1 Å². The quantitative estimate of drug-likeness (QED) is 0.905. The fourth-order valence-corrected chi connectivity index (χ4v) is 3.83. The van der Waals surface area contributed by atoms with E-state index in [4.69, 9.17) is 0 Å². The molecule has 2 aliphatic rings. The molecule has 21 heavy (non-hydrogen) atoms. The van der Waals surface area contributed by atoms with Crippen molar-refractivity contribution in [2.75, 3.05) is 26.2 Å². The predicted octanol–water partition coefficient (Wildman–Crippen LogP) is 2.42. The third-order valence-electron chi connectivity index (χ3n) is 5.47. The summed E-state index contributed by atoms with van der Waals surface area (Å²) in [4.78, 5) is 15.4. The van der Waals surface area contributed by atoms with E-state index < -0.39 is 0 Å². The van der Waals surface area contributed by atoms with Crippen LogP contribution >= 0.6 is 0 Å². The normalized spacial score (nSPS) is 28.6. The maximum Gasteiger partial charge on any atom is 0.233 e. The van der Waals surface area contributed by atoms with Crippen molar-refractivity contribution >= 4 is 5.91 Å². The summed E-state index contributed by atoms with van der Waals surface area (Å²) in [6.45, 7) is 8.22. The standard InChI is InChI=1S/C18H26N2O/c1-14-12-20(13-15(14)2)17(21)18(8-10-19-11-9-18)16-6-4-3-5-7-16/h3-7,14-15,19H,8-13H2,1-2H3. The molecule has 0 spiro atoms. The lowest BCUT2D eigenvalue weighted by Gasteiger charge is -2.39. The van der Waals surface area contributed by atoms with Gasteiger partial charge in [0.25, 0.3) is 0 Å². The molecule has 1 N–H and O–H groups in total. The summed E-state index contributed by atoms with van der Waals surface area (Å²) in [6, 6.07) is 10.4. The first-order valence-electron chi connectivity index (χ1n) is 8.19. The molecule has 0 aliphatic carbocycles. The first-order valence-corrected chi connectivity index (χ1v) is 8.19. The van der Waals surface area contributed by atoms with Crippen LogP contribution in [0.5, 0.6) is 0 Å². The van der Waals surface area contributed by atoms with Gasteiger partial charge in [0.05, 0.1) is 5.41 Å². The van der Waals surface area contributed by atoms with Crippen molar-refractivity contribution in [3.05, 3.63) is 35.9 Å². The Morgan fingerprint density at radius 1 is 1.10 bits per heavy atom. The molecule has 3 heteroatoms. The highest BCUT2D eigenvalue weighted by Gasteiger charge is 2.45. The van der Waals surface area contributed by atoms with Crippen molar-refractivity contribution in [3.63, 3.8) is 0 Å². The van der Waals surface area contributed by atoms with E-state index in [0.717, 1.165) is 39.0 Å². The topological polar surface area (TPSA) is 32.3 Å². The van der Waals surface area contributed by atoms with Crippen LogP contribution in [0, 0.1) is 11.8 Å². The Bertz CT molecular complexity index is 483. The molecule has 2 aliphatic heterocycles. The molecule has 114 valence electrons. The summed E-state index contributed by atoms with van der Waals surface area (Å²) in [5.41, 5.74) is 0.889. The lowest BCUT2D eigenvalue weighted by atomic mass is 9.72. The predicted molar refractivity (Wildman–Crippen MR) is 85.1 cm³/mol. The van der Waals surface area contributed by atoms with Crippen LogP contribution in [-0.2, 0) is 10.2 Å². The number of carbonyl (C=O) groups is 1. The molecule has 2 unspecified atom stereocenters. The second kappa shape index (κ2) is 5.80. The maximum atomic E-state index is 13.3. The van der Waals surface area contributed by atoms with E-state index in [1.807, 2.05) is 6.07 Å². The third-order valence-corrected chi connectivity index (χ3v) is 5.47. The average Bonchev–Trinajstić information content (AvgIpc) is 2.87. The van der Waals surface area contributed by atoms with Gasteiger partial charge in [-0.3, -0.25) is 4.79 Å². The molecule has 2 fully saturated rings. The second-order valence-corrected chi connectivity index (χ2v) is 6.86. The van der Waals surface area contributed by atoms with Gasteiger partial charge in [-0.05, 0) is 43.3 Å².